The van der Waals surface area contributed by atoms with Crippen LogP contribution in [0, 0.1) is 13.8 Å². The molecule has 0 aromatic heterocycles. The minimum Gasteiger partial charge on any atom is -0.352 e. The van der Waals surface area contributed by atoms with Crippen molar-refractivity contribution in [2.24, 2.45) is 0 Å². The van der Waals surface area contributed by atoms with E-state index in [-0.39, 0.29) is 23.8 Å². The van der Waals surface area contributed by atoms with Gasteiger partial charge in [0, 0.05) is 26.1 Å². The van der Waals surface area contributed by atoms with Crippen molar-refractivity contribution in [1.82, 2.24) is 14.9 Å². The summed E-state index contributed by atoms with van der Waals surface area (Å²) in [7, 11) is -3.64. The van der Waals surface area contributed by atoms with Crippen molar-refractivity contribution >= 4 is 15.9 Å². The van der Waals surface area contributed by atoms with Gasteiger partial charge < -0.3 is 5.32 Å². The van der Waals surface area contributed by atoms with E-state index in [0.29, 0.717) is 12.1 Å². The van der Waals surface area contributed by atoms with Crippen LogP contribution in [0.5, 0.6) is 0 Å². The van der Waals surface area contributed by atoms with Gasteiger partial charge in [0.25, 0.3) is 0 Å². The Morgan fingerprint density at radius 1 is 1.00 bits per heavy atom. The van der Waals surface area contributed by atoms with Gasteiger partial charge in [0.1, 0.15) is 0 Å². The monoisotopic (exact) mass is 431 g/mol. The summed E-state index contributed by atoms with van der Waals surface area (Å²) in [6, 6.07) is 13.4. The molecule has 0 spiro atoms. The molecule has 0 radical (unpaired) electrons. The van der Waals surface area contributed by atoms with Gasteiger partial charge in [-0.1, -0.05) is 50.2 Å². The normalized spacial score (nSPS) is 11.6. The lowest BCUT2D eigenvalue weighted by Gasteiger charge is -2.20. The highest BCUT2D eigenvalue weighted by Gasteiger charge is 2.17. The molecule has 0 atom stereocenters. The molecule has 2 N–H and O–H groups in total. The molecule has 0 heterocycles. The van der Waals surface area contributed by atoms with Gasteiger partial charge in [-0.25, -0.2) is 13.1 Å². The Morgan fingerprint density at radius 2 is 1.67 bits per heavy atom. The van der Waals surface area contributed by atoms with E-state index in [9.17, 15) is 13.2 Å². The first-order chi connectivity index (χ1) is 14.3. The fraction of sp³-hybridized carbons (Fsp3) is 0.435. The molecule has 164 valence electrons. The van der Waals surface area contributed by atoms with Crippen LogP contribution in [-0.2, 0) is 27.9 Å². The number of carbonyl (C=O) groups excluding carboxylic acids is 1. The molecule has 2 aromatic rings. The first-order valence-electron chi connectivity index (χ1n) is 10.4. The average Bonchev–Trinajstić information content (AvgIpc) is 2.72. The van der Waals surface area contributed by atoms with Gasteiger partial charge in [-0.05, 0) is 55.3 Å². The summed E-state index contributed by atoms with van der Waals surface area (Å²) >= 11 is 0. The van der Waals surface area contributed by atoms with Crippen LogP contribution in [0.4, 0.5) is 0 Å². The Morgan fingerprint density at radius 3 is 2.33 bits per heavy atom. The molecule has 30 heavy (non-hydrogen) atoms. The Bertz CT molecular complexity index is 954. The molecule has 2 aromatic carbocycles. The number of aryl methyl sites for hydroxylation is 2. The Labute approximate surface area is 180 Å². The third-order valence-corrected chi connectivity index (χ3v) is 6.76. The van der Waals surface area contributed by atoms with E-state index >= 15 is 0 Å². The molecule has 6 nitrogen and oxygen atoms in total. The van der Waals surface area contributed by atoms with Crippen LogP contribution in [0.3, 0.4) is 0 Å². The second-order valence-corrected chi connectivity index (χ2v) is 9.16. The van der Waals surface area contributed by atoms with Crippen molar-refractivity contribution < 1.29 is 13.2 Å². The fourth-order valence-electron chi connectivity index (χ4n) is 3.23. The van der Waals surface area contributed by atoms with Gasteiger partial charge in [-0.3, -0.25) is 9.69 Å². The minimum absolute atomic E-state index is 0.0582. The van der Waals surface area contributed by atoms with Crippen molar-refractivity contribution in [2.75, 3.05) is 19.6 Å². The number of hydrogen-bond donors (Lipinski definition) is 2. The van der Waals surface area contributed by atoms with Gasteiger partial charge in [-0.2, -0.15) is 0 Å². The molecule has 0 unspecified atom stereocenters. The van der Waals surface area contributed by atoms with Crippen molar-refractivity contribution in [3.05, 3.63) is 64.7 Å². The highest BCUT2D eigenvalue weighted by molar-refractivity contribution is 7.89. The molecule has 0 saturated heterocycles. The van der Waals surface area contributed by atoms with Crippen molar-refractivity contribution in [3.63, 3.8) is 0 Å². The fourth-order valence-corrected chi connectivity index (χ4v) is 4.59. The Kier molecular flexibility index (Phi) is 9.02. The third-order valence-electron chi connectivity index (χ3n) is 5.16. The minimum atomic E-state index is -3.64. The van der Waals surface area contributed by atoms with Crippen molar-refractivity contribution in [1.29, 1.82) is 0 Å². The first kappa shape index (κ1) is 24.1. The first-order valence-corrected chi connectivity index (χ1v) is 11.9. The summed E-state index contributed by atoms with van der Waals surface area (Å²) in [4.78, 5) is 14.8. The summed E-state index contributed by atoms with van der Waals surface area (Å²) in [6.07, 6.45) is 0.0856. The molecule has 1 amide bonds. The average molecular weight is 432 g/mol. The number of amides is 1. The zero-order valence-electron chi connectivity index (χ0n) is 18.4. The van der Waals surface area contributed by atoms with Crippen molar-refractivity contribution in [2.45, 2.75) is 52.1 Å². The third kappa shape index (κ3) is 6.93. The van der Waals surface area contributed by atoms with Crippen LogP contribution in [0.25, 0.3) is 0 Å². The van der Waals surface area contributed by atoms with E-state index in [1.54, 1.807) is 19.1 Å². The summed E-state index contributed by atoms with van der Waals surface area (Å²) < 4.78 is 27.6. The lowest BCUT2D eigenvalue weighted by atomic mass is 10.1. The molecule has 0 aliphatic heterocycles. The van der Waals surface area contributed by atoms with Gasteiger partial charge in [0.2, 0.25) is 15.9 Å². The maximum atomic E-state index is 12.5. The zero-order chi connectivity index (χ0) is 22.1. The number of hydrogen-bond acceptors (Lipinski definition) is 4. The van der Waals surface area contributed by atoms with Crippen molar-refractivity contribution in [3.8, 4) is 0 Å². The summed E-state index contributed by atoms with van der Waals surface area (Å²) in [5.41, 5.74) is 3.83. The van der Waals surface area contributed by atoms with Crippen LogP contribution in [-0.4, -0.2) is 38.9 Å². The number of benzene rings is 2. The highest BCUT2D eigenvalue weighted by Crippen LogP contribution is 2.16. The van der Waals surface area contributed by atoms with E-state index in [2.05, 4.69) is 34.9 Å². The Balaban J connectivity index is 1.88. The molecular weight excluding hydrogens is 398 g/mol. The number of sulfonamides is 1. The SMILES string of the molecule is CCN(CC)Cc1ccccc1CNC(=O)CCNS(=O)(=O)c1cc(C)ccc1C. The van der Waals surface area contributed by atoms with E-state index in [1.807, 2.05) is 31.2 Å². The lowest BCUT2D eigenvalue weighted by molar-refractivity contribution is -0.121. The molecular formula is C23H33N3O3S. The number of carbonyl (C=O) groups is 1. The molecule has 0 saturated carbocycles. The van der Waals surface area contributed by atoms with Gasteiger partial charge in [-0.15, -0.1) is 0 Å². The number of nitrogens with one attached hydrogen (secondary N) is 2. The summed E-state index contributed by atoms with van der Waals surface area (Å²) in [5.74, 6) is -0.184. The van der Waals surface area contributed by atoms with Crippen LogP contribution in [0.2, 0.25) is 0 Å². The van der Waals surface area contributed by atoms with E-state index < -0.39 is 10.0 Å². The molecule has 0 aliphatic rings. The largest absolute Gasteiger partial charge is 0.352 e. The van der Waals surface area contributed by atoms with E-state index in [1.165, 1.54) is 5.56 Å². The molecule has 7 heteroatoms. The van der Waals surface area contributed by atoms with Crippen LogP contribution >= 0.6 is 0 Å². The van der Waals surface area contributed by atoms with Crippen LogP contribution < -0.4 is 10.0 Å². The Hall–Kier alpha value is -2.22. The highest BCUT2D eigenvalue weighted by atomic mass is 32.2. The topological polar surface area (TPSA) is 78.5 Å². The second-order valence-electron chi connectivity index (χ2n) is 7.42. The zero-order valence-corrected chi connectivity index (χ0v) is 19.2. The summed E-state index contributed by atoms with van der Waals surface area (Å²) in [5, 5.41) is 2.90. The quantitative estimate of drug-likeness (QED) is 0.573. The van der Waals surface area contributed by atoms with Crippen LogP contribution in [0.1, 0.15) is 42.5 Å². The van der Waals surface area contributed by atoms with Gasteiger partial charge in [0.15, 0.2) is 0 Å². The maximum absolute atomic E-state index is 12.5. The van der Waals surface area contributed by atoms with Gasteiger partial charge >= 0.3 is 0 Å². The smallest absolute Gasteiger partial charge is 0.240 e. The molecule has 0 bridgehead atoms. The standard InChI is InChI=1S/C23H33N3O3S/c1-5-26(6-2)17-21-10-8-7-9-20(21)16-24-23(27)13-14-25-30(28,29)22-15-18(3)11-12-19(22)4/h7-12,15,25H,5-6,13-14,16-17H2,1-4H3,(H,24,27). The summed E-state index contributed by atoms with van der Waals surface area (Å²) in [6.45, 7) is 11.1. The number of rotatable bonds is 11. The predicted molar refractivity (Wildman–Crippen MR) is 121 cm³/mol. The van der Waals surface area contributed by atoms with Gasteiger partial charge in [0.05, 0.1) is 4.90 Å². The maximum Gasteiger partial charge on any atom is 0.240 e. The second kappa shape index (κ2) is 11.2. The van der Waals surface area contributed by atoms with E-state index in [0.717, 1.165) is 30.8 Å². The molecule has 0 fully saturated rings. The number of nitrogens with zero attached hydrogens (tertiary/aromatic N) is 1. The lowest BCUT2D eigenvalue weighted by Crippen LogP contribution is -2.31. The molecule has 2 rings (SSSR count). The van der Waals surface area contributed by atoms with Crippen LogP contribution in [0.15, 0.2) is 47.4 Å². The van der Waals surface area contributed by atoms with E-state index in [4.69, 9.17) is 0 Å². The molecule has 0 aliphatic carbocycles. The predicted octanol–water partition coefficient (Wildman–Crippen LogP) is 3.13.